The van der Waals surface area contributed by atoms with E-state index in [1.807, 2.05) is 19.9 Å². The maximum atomic E-state index is 12.0. The third-order valence-electron chi connectivity index (χ3n) is 3.42. The molecule has 0 aliphatic heterocycles. The first-order valence-corrected chi connectivity index (χ1v) is 8.07. The fourth-order valence-electron chi connectivity index (χ4n) is 2.40. The van der Waals surface area contributed by atoms with Crippen LogP contribution in [-0.4, -0.2) is 35.7 Å². The van der Waals surface area contributed by atoms with Crippen LogP contribution in [0.5, 0.6) is 0 Å². The zero-order valence-corrected chi connectivity index (χ0v) is 14.7. The van der Waals surface area contributed by atoms with Crippen molar-refractivity contribution >= 4 is 11.7 Å². The standard InChI is InChI=1S/C16H20N6O3/c1-9(2)5-13-18-14(25-21-13)8-24-15(23)7-12-19-16-17-10(3)6-11(4)22(16)20-12/h6,9H,5,7-8H2,1-4H3. The van der Waals surface area contributed by atoms with Crippen LogP contribution in [-0.2, 0) is 29.0 Å². The molecule has 0 amide bonds. The van der Waals surface area contributed by atoms with E-state index in [4.69, 9.17) is 9.26 Å². The third-order valence-corrected chi connectivity index (χ3v) is 3.42. The van der Waals surface area contributed by atoms with Crippen molar-refractivity contribution < 1.29 is 14.1 Å². The van der Waals surface area contributed by atoms with E-state index >= 15 is 0 Å². The lowest BCUT2D eigenvalue weighted by Crippen LogP contribution is -2.09. The van der Waals surface area contributed by atoms with E-state index in [1.165, 1.54) is 0 Å². The van der Waals surface area contributed by atoms with Crippen LogP contribution in [0.15, 0.2) is 10.6 Å². The van der Waals surface area contributed by atoms with Gasteiger partial charge in [-0.2, -0.15) is 9.97 Å². The highest BCUT2D eigenvalue weighted by molar-refractivity contribution is 5.71. The molecule has 3 rings (SSSR count). The SMILES string of the molecule is Cc1cc(C)n2nc(CC(=O)OCc3nc(CC(C)C)no3)nc2n1. The topological polar surface area (TPSA) is 108 Å². The summed E-state index contributed by atoms with van der Waals surface area (Å²) in [6.07, 6.45) is 0.670. The molecule has 0 bridgehead atoms. The summed E-state index contributed by atoms with van der Waals surface area (Å²) in [6, 6.07) is 1.90. The van der Waals surface area contributed by atoms with Crippen LogP contribution >= 0.6 is 0 Å². The molecule has 0 saturated heterocycles. The van der Waals surface area contributed by atoms with Gasteiger partial charge in [-0.15, -0.1) is 5.10 Å². The number of esters is 1. The summed E-state index contributed by atoms with van der Waals surface area (Å²) in [4.78, 5) is 24.7. The molecule has 0 aromatic carbocycles. The Hall–Kier alpha value is -2.84. The Balaban J connectivity index is 1.59. The summed E-state index contributed by atoms with van der Waals surface area (Å²) in [5, 5.41) is 8.13. The molecule has 0 saturated carbocycles. The van der Waals surface area contributed by atoms with E-state index in [9.17, 15) is 4.79 Å². The largest absolute Gasteiger partial charge is 0.455 e. The molecule has 3 heterocycles. The van der Waals surface area contributed by atoms with Crippen molar-refractivity contribution in [1.82, 2.24) is 29.7 Å². The number of aryl methyl sites for hydroxylation is 2. The Morgan fingerprint density at radius 2 is 2.04 bits per heavy atom. The van der Waals surface area contributed by atoms with Gasteiger partial charge in [0.25, 0.3) is 11.7 Å². The van der Waals surface area contributed by atoms with E-state index in [2.05, 4.69) is 39.1 Å². The van der Waals surface area contributed by atoms with Gasteiger partial charge in [0.2, 0.25) is 0 Å². The molecule has 0 atom stereocenters. The van der Waals surface area contributed by atoms with Crippen LogP contribution in [0.4, 0.5) is 0 Å². The minimum absolute atomic E-state index is 0.0468. The Kier molecular flexibility index (Phi) is 4.73. The van der Waals surface area contributed by atoms with Gasteiger partial charge >= 0.3 is 5.97 Å². The lowest BCUT2D eigenvalue weighted by Gasteiger charge is -1.99. The Morgan fingerprint density at radius 1 is 1.24 bits per heavy atom. The van der Waals surface area contributed by atoms with Crippen LogP contribution < -0.4 is 0 Å². The second-order valence-electron chi connectivity index (χ2n) is 6.32. The maximum Gasteiger partial charge on any atom is 0.314 e. The van der Waals surface area contributed by atoms with Gasteiger partial charge in [0.1, 0.15) is 6.42 Å². The highest BCUT2D eigenvalue weighted by Gasteiger charge is 2.15. The number of ether oxygens (including phenoxy) is 1. The van der Waals surface area contributed by atoms with Crippen molar-refractivity contribution in [2.24, 2.45) is 5.92 Å². The molecular formula is C16H20N6O3. The smallest absolute Gasteiger partial charge is 0.314 e. The van der Waals surface area contributed by atoms with E-state index < -0.39 is 5.97 Å². The summed E-state index contributed by atoms with van der Waals surface area (Å²) >= 11 is 0. The predicted octanol–water partition coefficient (Wildman–Crippen LogP) is 1.61. The number of carbonyl (C=O) groups excluding carboxylic acids is 1. The quantitative estimate of drug-likeness (QED) is 0.621. The van der Waals surface area contributed by atoms with Crippen molar-refractivity contribution in [1.29, 1.82) is 0 Å². The summed E-state index contributed by atoms with van der Waals surface area (Å²) in [7, 11) is 0. The van der Waals surface area contributed by atoms with Crippen molar-refractivity contribution in [2.75, 3.05) is 0 Å². The van der Waals surface area contributed by atoms with Gasteiger partial charge in [0, 0.05) is 17.8 Å². The number of fused-ring (bicyclic) bond motifs is 1. The molecule has 9 nitrogen and oxygen atoms in total. The first kappa shape index (κ1) is 17.0. The monoisotopic (exact) mass is 344 g/mol. The number of carbonyl (C=O) groups is 1. The van der Waals surface area contributed by atoms with E-state index in [0.29, 0.717) is 29.8 Å². The number of hydrogen-bond acceptors (Lipinski definition) is 8. The Morgan fingerprint density at radius 3 is 2.80 bits per heavy atom. The number of rotatable bonds is 6. The predicted molar refractivity (Wildman–Crippen MR) is 86.6 cm³/mol. The summed E-state index contributed by atoms with van der Waals surface area (Å²) in [5.74, 6) is 1.68. The lowest BCUT2D eigenvalue weighted by atomic mass is 10.1. The van der Waals surface area contributed by atoms with Crippen LogP contribution in [0, 0.1) is 19.8 Å². The molecule has 0 fully saturated rings. The molecule has 0 N–H and O–H groups in total. The lowest BCUT2D eigenvalue weighted by molar-refractivity contribution is -0.145. The summed E-state index contributed by atoms with van der Waals surface area (Å²) < 4.78 is 11.8. The molecule has 132 valence electrons. The van der Waals surface area contributed by atoms with Gasteiger partial charge in [0.05, 0.1) is 0 Å². The molecule has 3 aromatic rings. The minimum Gasteiger partial charge on any atom is -0.455 e. The van der Waals surface area contributed by atoms with Gasteiger partial charge in [-0.3, -0.25) is 4.79 Å². The van der Waals surface area contributed by atoms with Gasteiger partial charge in [-0.05, 0) is 25.8 Å². The zero-order valence-electron chi connectivity index (χ0n) is 14.7. The first-order chi connectivity index (χ1) is 11.9. The molecule has 25 heavy (non-hydrogen) atoms. The molecule has 3 aromatic heterocycles. The molecular weight excluding hydrogens is 324 g/mol. The molecule has 9 heteroatoms. The van der Waals surface area contributed by atoms with Gasteiger partial charge < -0.3 is 9.26 Å². The Labute approximate surface area is 144 Å². The van der Waals surface area contributed by atoms with Crippen LogP contribution in [0.25, 0.3) is 5.78 Å². The van der Waals surface area contributed by atoms with Gasteiger partial charge in [-0.1, -0.05) is 19.0 Å². The fourth-order valence-corrected chi connectivity index (χ4v) is 2.40. The average Bonchev–Trinajstić information content (AvgIpc) is 3.11. The molecule has 0 aliphatic carbocycles. The van der Waals surface area contributed by atoms with Gasteiger partial charge in [-0.25, -0.2) is 9.50 Å². The second kappa shape index (κ2) is 6.96. The van der Waals surface area contributed by atoms with E-state index in [-0.39, 0.29) is 18.9 Å². The van der Waals surface area contributed by atoms with E-state index in [0.717, 1.165) is 11.4 Å². The third kappa shape index (κ3) is 4.17. The van der Waals surface area contributed by atoms with Crippen molar-refractivity contribution in [2.45, 2.75) is 47.1 Å². The highest BCUT2D eigenvalue weighted by Crippen LogP contribution is 2.08. The highest BCUT2D eigenvalue weighted by atomic mass is 16.6. The number of aromatic nitrogens is 6. The number of nitrogens with zero attached hydrogens (tertiary/aromatic N) is 6. The molecule has 0 unspecified atom stereocenters. The minimum atomic E-state index is -0.464. The number of hydrogen-bond donors (Lipinski definition) is 0. The summed E-state index contributed by atoms with van der Waals surface area (Å²) in [6.45, 7) is 7.86. The first-order valence-electron chi connectivity index (χ1n) is 8.07. The maximum absolute atomic E-state index is 12.0. The van der Waals surface area contributed by atoms with Crippen LogP contribution in [0.3, 0.4) is 0 Å². The van der Waals surface area contributed by atoms with Crippen molar-refractivity contribution in [3.05, 3.63) is 35.0 Å². The molecule has 0 radical (unpaired) electrons. The van der Waals surface area contributed by atoms with Crippen LogP contribution in [0.2, 0.25) is 0 Å². The normalized spacial score (nSPS) is 11.4. The van der Waals surface area contributed by atoms with Crippen molar-refractivity contribution in [3.63, 3.8) is 0 Å². The average molecular weight is 344 g/mol. The second-order valence-corrected chi connectivity index (χ2v) is 6.32. The molecule has 0 aliphatic rings. The summed E-state index contributed by atoms with van der Waals surface area (Å²) in [5.41, 5.74) is 1.75. The van der Waals surface area contributed by atoms with Crippen molar-refractivity contribution in [3.8, 4) is 0 Å². The Bertz CT molecular complexity index is 899. The van der Waals surface area contributed by atoms with Crippen LogP contribution in [0.1, 0.15) is 42.8 Å². The van der Waals surface area contributed by atoms with Gasteiger partial charge in [0.15, 0.2) is 18.3 Å². The fraction of sp³-hybridized carbons (Fsp3) is 0.500. The van der Waals surface area contributed by atoms with E-state index in [1.54, 1.807) is 4.52 Å². The molecule has 0 spiro atoms. The zero-order chi connectivity index (χ0) is 18.0.